The summed E-state index contributed by atoms with van der Waals surface area (Å²) in [4.78, 5) is 12.4. The van der Waals surface area contributed by atoms with E-state index in [1.807, 2.05) is 6.07 Å². The molecule has 0 bridgehead atoms. The van der Waals surface area contributed by atoms with Gasteiger partial charge in [-0.2, -0.15) is 15.3 Å². The first kappa shape index (κ1) is 22.4. The lowest BCUT2D eigenvalue weighted by atomic mass is 10.1. The Hall–Kier alpha value is -2.84. The van der Waals surface area contributed by atoms with Crippen LogP contribution in [0.2, 0.25) is 20.1 Å². The third-order valence-corrected chi connectivity index (χ3v) is 5.79. The van der Waals surface area contributed by atoms with E-state index < -0.39 is 5.91 Å². The van der Waals surface area contributed by atoms with Crippen LogP contribution in [0, 0.1) is 0 Å². The minimum atomic E-state index is -0.457. The van der Waals surface area contributed by atoms with Crippen LogP contribution in [0.1, 0.15) is 21.6 Å². The summed E-state index contributed by atoms with van der Waals surface area (Å²) in [6, 6.07) is 12.0. The molecule has 0 aliphatic carbocycles. The Kier molecular flexibility index (Phi) is 6.81. The van der Waals surface area contributed by atoms with Gasteiger partial charge in [-0.1, -0.05) is 58.5 Å². The minimum absolute atomic E-state index is 0.212. The van der Waals surface area contributed by atoms with Gasteiger partial charge >= 0.3 is 0 Å². The average molecular weight is 508 g/mol. The molecular formula is C21H14Cl4N6O. The quantitative estimate of drug-likeness (QED) is 0.259. The predicted molar refractivity (Wildman–Crippen MR) is 127 cm³/mol. The number of hydrogen-bond acceptors (Lipinski definition) is 4. The van der Waals surface area contributed by atoms with Crippen molar-refractivity contribution in [1.29, 1.82) is 0 Å². The van der Waals surface area contributed by atoms with E-state index in [-0.39, 0.29) is 5.69 Å². The van der Waals surface area contributed by atoms with Crippen LogP contribution >= 0.6 is 46.4 Å². The Morgan fingerprint density at radius 2 is 1.91 bits per heavy atom. The first-order valence-corrected chi connectivity index (χ1v) is 10.7. The van der Waals surface area contributed by atoms with Gasteiger partial charge in [-0.3, -0.25) is 14.6 Å². The molecule has 0 aliphatic rings. The summed E-state index contributed by atoms with van der Waals surface area (Å²) in [7, 11) is 0. The predicted octanol–water partition coefficient (Wildman–Crippen LogP) is 5.70. The van der Waals surface area contributed by atoms with Crippen molar-refractivity contribution in [2.75, 3.05) is 0 Å². The third-order valence-electron chi connectivity index (χ3n) is 4.47. The zero-order valence-electron chi connectivity index (χ0n) is 16.2. The van der Waals surface area contributed by atoms with Crippen molar-refractivity contribution in [1.82, 2.24) is 25.4 Å². The first-order chi connectivity index (χ1) is 15.4. The molecule has 4 rings (SSSR count). The van der Waals surface area contributed by atoms with Crippen LogP contribution in [0.25, 0.3) is 11.3 Å². The molecular weight excluding hydrogens is 494 g/mol. The molecule has 0 atom stereocenters. The van der Waals surface area contributed by atoms with Gasteiger partial charge in [0.2, 0.25) is 0 Å². The van der Waals surface area contributed by atoms with Crippen molar-refractivity contribution in [2.24, 2.45) is 5.10 Å². The summed E-state index contributed by atoms with van der Waals surface area (Å²) in [5.74, 6) is -0.457. The first-order valence-electron chi connectivity index (χ1n) is 9.20. The summed E-state index contributed by atoms with van der Waals surface area (Å²) >= 11 is 24.2. The molecule has 32 heavy (non-hydrogen) atoms. The highest BCUT2D eigenvalue weighted by Gasteiger charge is 2.11. The van der Waals surface area contributed by atoms with E-state index in [9.17, 15) is 4.79 Å². The Bertz CT molecular complexity index is 1310. The summed E-state index contributed by atoms with van der Waals surface area (Å²) in [6.07, 6.45) is 4.74. The largest absolute Gasteiger partial charge is 0.291 e. The lowest BCUT2D eigenvalue weighted by Crippen LogP contribution is -2.18. The summed E-state index contributed by atoms with van der Waals surface area (Å²) < 4.78 is 1.60. The lowest BCUT2D eigenvalue weighted by Gasteiger charge is -2.05. The Labute approximate surface area is 202 Å². The molecule has 0 saturated heterocycles. The van der Waals surface area contributed by atoms with E-state index in [4.69, 9.17) is 46.4 Å². The molecule has 7 nitrogen and oxygen atoms in total. The Balaban J connectivity index is 1.42. The molecule has 0 fully saturated rings. The van der Waals surface area contributed by atoms with Crippen LogP contribution in [0.5, 0.6) is 0 Å². The molecule has 162 valence electrons. The van der Waals surface area contributed by atoms with Crippen LogP contribution in [0.4, 0.5) is 0 Å². The van der Waals surface area contributed by atoms with Gasteiger partial charge in [-0.25, -0.2) is 5.43 Å². The molecule has 1 amide bonds. The zero-order valence-corrected chi connectivity index (χ0v) is 19.2. The van der Waals surface area contributed by atoms with E-state index in [2.05, 4.69) is 25.8 Å². The van der Waals surface area contributed by atoms with Gasteiger partial charge in [0.05, 0.1) is 34.7 Å². The van der Waals surface area contributed by atoms with Crippen molar-refractivity contribution in [3.63, 3.8) is 0 Å². The van der Waals surface area contributed by atoms with Gasteiger partial charge in [0.25, 0.3) is 5.91 Å². The number of hydrogen-bond donors (Lipinski definition) is 2. The maximum absolute atomic E-state index is 12.4. The molecule has 0 unspecified atom stereocenters. The number of nitrogens with one attached hydrogen (secondary N) is 2. The van der Waals surface area contributed by atoms with Gasteiger partial charge in [-0.05, 0) is 35.9 Å². The number of rotatable bonds is 6. The molecule has 0 radical (unpaired) electrons. The molecule has 4 aromatic rings. The number of halogens is 4. The monoisotopic (exact) mass is 506 g/mol. The number of hydrazone groups is 1. The fourth-order valence-electron chi connectivity index (χ4n) is 2.89. The molecule has 11 heteroatoms. The maximum Gasteiger partial charge on any atom is 0.291 e. The maximum atomic E-state index is 12.4. The summed E-state index contributed by atoms with van der Waals surface area (Å²) in [5, 5.41) is 17.1. The fraction of sp³-hybridized carbons (Fsp3) is 0.0476. The van der Waals surface area contributed by atoms with Gasteiger partial charge in [-0.15, -0.1) is 0 Å². The van der Waals surface area contributed by atoms with Crippen molar-refractivity contribution in [3.8, 4) is 11.3 Å². The van der Waals surface area contributed by atoms with Crippen molar-refractivity contribution in [3.05, 3.63) is 91.8 Å². The molecule has 0 spiro atoms. The second-order valence-electron chi connectivity index (χ2n) is 6.66. The highest BCUT2D eigenvalue weighted by Crippen LogP contribution is 2.28. The molecule has 2 heterocycles. The molecule has 2 aromatic heterocycles. The number of carbonyl (C=O) groups excluding carboxylic acids is 1. The average Bonchev–Trinajstić information content (AvgIpc) is 3.42. The van der Waals surface area contributed by atoms with Crippen LogP contribution < -0.4 is 5.43 Å². The highest BCUT2D eigenvalue weighted by atomic mass is 35.5. The van der Waals surface area contributed by atoms with Crippen molar-refractivity contribution < 1.29 is 4.79 Å². The van der Waals surface area contributed by atoms with Gasteiger partial charge in [0.15, 0.2) is 5.69 Å². The van der Waals surface area contributed by atoms with Gasteiger partial charge < -0.3 is 0 Å². The van der Waals surface area contributed by atoms with Crippen LogP contribution in [0.15, 0.2) is 60.0 Å². The van der Waals surface area contributed by atoms with Crippen molar-refractivity contribution in [2.45, 2.75) is 6.54 Å². The molecule has 2 aromatic carbocycles. The summed E-state index contributed by atoms with van der Waals surface area (Å²) in [5.41, 5.74) is 5.63. The topological polar surface area (TPSA) is 88.0 Å². The van der Waals surface area contributed by atoms with Crippen molar-refractivity contribution >= 4 is 58.5 Å². The molecule has 2 N–H and O–H groups in total. The highest BCUT2D eigenvalue weighted by molar-refractivity contribution is 6.42. The van der Waals surface area contributed by atoms with E-state index in [1.165, 1.54) is 6.21 Å². The van der Waals surface area contributed by atoms with E-state index in [0.29, 0.717) is 37.9 Å². The van der Waals surface area contributed by atoms with Crippen LogP contribution in [-0.4, -0.2) is 32.1 Å². The second-order valence-corrected chi connectivity index (χ2v) is 8.32. The Morgan fingerprint density at radius 3 is 2.69 bits per heavy atom. The number of nitrogens with zero attached hydrogens (tertiary/aromatic N) is 4. The normalized spacial score (nSPS) is 11.2. The van der Waals surface area contributed by atoms with Gasteiger partial charge in [0, 0.05) is 27.4 Å². The molecule has 0 aliphatic heterocycles. The lowest BCUT2D eigenvalue weighted by molar-refractivity contribution is 0.0949. The summed E-state index contributed by atoms with van der Waals surface area (Å²) in [6.45, 7) is 0.397. The number of carbonyl (C=O) groups is 1. The Morgan fingerprint density at radius 1 is 1.06 bits per heavy atom. The second kappa shape index (κ2) is 9.75. The standard InChI is InChI=1S/C21H14Cl4N6O/c22-15-3-1-13(17(24)8-15)11-31-6-5-19(30-31)21(32)29-27-10-14-9-26-28-20(14)12-2-4-16(23)18(25)7-12/h1-10H,11H2,(H,26,28)(H,29,32). The third kappa shape index (κ3) is 5.14. The fourth-order valence-corrected chi connectivity index (χ4v) is 3.66. The van der Waals surface area contributed by atoms with Gasteiger partial charge in [0.1, 0.15) is 0 Å². The number of H-pyrrole nitrogens is 1. The number of benzene rings is 2. The molecule has 0 saturated carbocycles. The number of amides is 1. The minimum Gasteiger partial charge on any atom is -0.277 e. The van der Waals surface area contributed by atoms with E-state index in [1.54, 1.807) is 53.5 Å². The van der Waals surface area contributed by atoms with E-state index in [0.717, 1.165) is 11.1 Å². The van der Waals surface area contributed by atoms with E-state index >= 15 is 0 Å². The number of aromatic nitrogens is 4. The zero-order chi connectivity index (χ0) is 22.7. The smallest absolute Gasteiger partial charge is 0.277 e. The van der Waals surface area contributed by atoms with Crippen LogP contribution in [-0.2, 0) is 6.54 Å². The van der Waals surface area contributed by atoms with Crippen LogP contribution in [0.3, 0.4) is 0 Å². The SMILES string of the molecule is O=C(NN=Cc1cn[nH]c1-c1ccc(Cl)c(Cl)c1)c1ccn(Cc2ccc(Cl)cc2Cl)n1. The number of aromatic amines is 1.